The number of allylic oxidation sites excluding steroid dienone is 1. The summed E-state index contributed by atoms with van der Waals surface area (Å²) < 4.78 is 61.7. The predicted molar refractivity (Wildman–Crippen MR) is 106 cm³/mol. The molecule has 6 heteroatoms. The standard InChI is InChI=1S/C24H23F4NO/c1-3-16-4-6-17(7-5-16)18-8-10-20(11-9-18)24(27,28)30-15(2)19-12-22(25)21(14-29)23(26)13-19/h3,8-13,15-17H,1,4-7H2,2H3. The third-order valence-corrected chi connectivity index (χ3v) is 5.79. The van der Waals surface area contributed by atoms with Crippen molar-refractivity contribution in [2.75, 3.05) is 0 Å². The Hall–Kier alpha value is -2.65. The molecule has 0 amide bonds. The molecule has 1 aliphatic rings. The first-order valence-electron chi connectivity index (χ1n) is 9.92. The van der Waals surface area contributed by atoms with Crippen molar-refractivity contribution in [1.29, 1.82) is 5.26 Å². The fraction of sp³-hybridized carbons (Fsp3) is 0.375. The minimum absolute atomic E-state index is 0.112. The van der Waals surface area contributed by atoms with Crippen LogP contribution in [0.3, 0.4) is 0 Å². The third kappa shape index (κ3) is 4.73. The fourth-order valence-electron chi connectivity index (χ4n) is 3.93. The molecule has 0 bridgehead atoms. The van der Waals surface area contributed by atoms with Gasteiger partial charge in [0.15, 0.2) is 0 Å². The summed E-state index contributed by atoms with van der Waals surface area (Å²) in [5.74, 6) is -1.35. The van der Waals surface area contributed by atoms with Gasteiger partial charge in [-0.15, -0.1) is 6.58 Å². The van der Waals surface area contributed by atoms with Gasteiger partial charge in [0, 0.05) is 0 Å². The zero-order valence-corrected chi connectivity index (χ0v) is 16.7. The van der Waals surface area contributed by atoms with Crippen molar-refractivity contribution >= 4 is 0 Å². The zero-order chi connectivity index (χ0) is 21.9. The summed E-state index contributed by atoms with van der Waals surface area (Å²) in [4.78, 5) is 0. The van der Waals surface area contributed by atoms with Gasteiger partial charge in [0.25, 0.3) is 0 Å². The first-order chi connectivity index (χ1) is 14.2. The molecule has 0 radical (unpaired) electrons. The highest BCUT2D eigenvalue weighted by atomic mass is 19.3. The second-order valence-electron chi connectivity index (χ2n) is 7.72. The van der Waals surface area contributed by atoms with E-state index in [0.29, 0.717) is 11.8 Å². The van der Waals surface area contributed by atoms with Crippen molar-refractivity contribution in [2.24, 2.45) is 5.92 Å². The molecule has 1 fully saturated rings. The number of benzene rings is 2. The molecule has 3 rings (SSSR count). The molecule has 0 aliphatic heterocycles. The van der Waals surface area contributed by atoms with Gasteiger partial charge in [-0.05, 0) is 67.7 Å². The summed E-state index contributed by atoms with van der Waals surface area (Å²) in [6, 6.07) is 9.13. The average molecular weight is 417 g/mol. The van der Waals surface area contributed by atoms with Crippen LogP contribution in [0.25, 0.3) is 0 Å². The van der Waals surface area contributed by atoms with E-state index in [9.17, 15) is 17.6 Å². The maximum absolute atomic E-state index is 14.6. The van der Waals surface area contributed by atoms with Gasteiger partial charge in [-0.1, -0.05) is 30.3 Å². The van der Waals surface area contributed by atoms with Gasteiger partial charge in [0.2, 0.25) is 0 Å². The van der Waals surface area contributed by atoms with Gasteiger partial charge in [0.1, 0.15) is 23.3 Å². The Morgan fingerprint density at radius 2 is 1.67 bits per heavy atom. The largest absolute Gasteiger partial charge is 0.383 e. The number of nitrogens with zero attached hydrogens (tertiary/aromatic N) is 1. The van der Waals surface area contributed by atoms with Gasteiger partial charge in [-0.2, -0.15) is 14.0 Å². The van der Waals surface area contributed by atoms with Gasteiger partial charge in [0.05, 0.1) is 11.7 Å². The van der Waals surface area contributed by atoms with Crippen LogP contribution in [0, 0.1) is 28.9 Å². The molecule has 0 aromatic heterocycles. The highest BCUT2D eigenvalue weighted by Gasteiger charge is 2.36. The molecule has 0 saturated heterocycles. The van der Waals surface area contributed by atoms with E-state index >= 15 is 0 Å². The Bertz CT molecular complexity index is 918. The first-order valence-corrected chi connectivity index (χ1v) is 9.92. The lowest BCUT2D eigenvalue weighted by Crippen LogP contribution is -2.21. The van der Waals surface area contributed by atoms with Crippen molar-refractivity contribution in [3.05, 3.63) is 82.9 Å². The van der Waals surface area contributed by atoms with E-state index in [1.165, 1.54) is 25.1 Å². The lowest BCUT2D eigenvalue weighted by atomic mass is 9.78. The Kier molecular flexibility index (Phi) is 6.62. The van der Waals surface area contributed by atoms with Crippen molar-refractivity contribution < 1.29 is 22.3 Å². The molecular weight excluding hydrogens is 394 g/mol. The number of alkyl halides is 2. The number of rotatable bonds is 6. The van der Waals surface area contributed by atoms with Crippen LogP contribution >= 0.6 is 0 Å². The lowest BCUT2D eigenvalue weighted by Gasteiger charge is -2.27. The van der Waals surface area contributed by atoms with Crippen molar-refractivity contribution in [2.45, 2.75) is 50.7 Å². The molecule has 0 spiro atoms. The van der Waals surface area contributed by atoms with E-state index in [-0.39, 0.29) is 11.1 Å². The summed E-state index contributed by atoms with van der Waals surface area (Å²) in [5, 5.41) is 8.72. The SMILES string of the molecule is C=CC1CCC(c2ccc(C(F)(F)OC(C)c3cc(F)c(C#N)c(F)c3)cc2)CC1. The first kappa shape index (κ1) is 22.0. The van der Waals surface area contributed by atoms with Crippen LogP contribution in [0.5, 0.6) is 0 Å². The Morgan fingerprint density at radius 1 is 1.10 bits per heavy atom. The molecule has 0 N–H and O–H groups in total. The van der Waals surface area contributed by atoms with E-state index in [1.807, 2.05) is 6.08 Å². The number of hydrogen-bond donors (Lipinski definition) is 0. The number of hydrogen-bond acceptors (Lipinski definition) is 2. The van der Waals surface area contributed by atoms with Crippen LogP contribution in [0.2, 0.25) is 0 Å². The second kappa shape index (κ2) is 9.01. The van der Waals surface area contributed by atoms with Gasteiger partial charge in [-0.3, -0.25) is 0 Å². The van der Waals surface area contributed by atoms with E-state index in [0.717, 1.165) is 43.4 Å². The topological polar surface area (TPSA) is 33.0 Å². The summed E-state index contributed by atoms with van der Waals surface area (Å²) in [7, 11) is 0. The summed E-state index contributed by atoms with van der Waals surface area (Å²) >= 11 is 0. The minimum atomic E-state index is -3.64. The van der Waals surface area contributed by atoms with Crippen LogP contribution in [0.15, 0.2) is 49.1 Å². The smallest absolute Gasteiger partial charge is 0.309 e. The number of halogens is 4. The quantitative estimate of drug-likeness (QED) is 0.370. The molecule has 0 heterocycles. The molecular formula is C24H23F4NO. The number of nitriles is 1. The molecule has 1 saturated carbocycles. The zero-order valence-electron chi connectivity index (χ0n) is 16.7. The fourth-order valence-corrected chi connectivity index (χ4v) is 3.93. The molecule has 1 unspecified atom stereocenters. The molecule has 2 aromatic rings. The van der Waals surface area contributed by atoms with Crippen LogP contribution in [-0.4, -0.2) is 0 Å². The summed E-state index contributed by atoms with van der Waals surface area (Å²) in [6.07, 6.45) is 1.13. The van der Waals surface area contributed by atoms with E-state index in [4.69, 9.17) is 10.00 Å². The Balaban J connectivity index is 1.71. The molecule has 1 atom stereocenters. The van der Waals surface area contributed by atoms with Gasteiger partial charge >= 0.3 is 6.11 Å². The van der Waals surface area contributed by atoms with Gasteiger partial charge in [-0.25, -0.2) is 8.78 Å². The van der Waals surface area contributed by atoms with Crippen molar-refractivity contribution in [3.8, 4) is 6.07 Å². The second-order valence-corrected chi connectivity index (χ2v) is 7.72. The van der Waals surface area contributed by atoms with Crippen molar-refractivity contribution in [1.82, 2.24) is 0 Å². The Morgan fingerprint density at radius 3 is 2.17 bits per heavy atom. The molecule has 158 valence electrons. The molecule has 1 aliphatic carbocycles. The van der Waals surface area contributed by atoms with Crippen LogP contribution < -0.4 is 0 Å². The summed E-state index contributed by atoms with van der Waals surface area (Å²) in [5.41, 5.74) is -0.177. The van der Waals surface area contributed by atoms with Crippen LogP contribution in [0.4, 0.5) is 17.6 Å². The summed E-state index contributed by atoms with van der Waals surface area (Å²) in [6.45, 7) is 5.11. The third-order valence-electron chi connectivity index (χ3n) is 5.79. The van der Waals surface area contributed by atoms with Crippen LogP contribution in [0.1, 0.15) is 66.9 Å². The maximum atomic E-state index is 14.6. The lowest BCUT2D eigenvalue weighted by molar-refractivity contribution is -0.272. The molecule has 30 heavy (non-hydrogen) atoms. The van der Waals surface area contributed by atoms with E-state index < -0.39 is 29.4 Å². The maximum Gasteiger partial charge on any atom is 0.383 e. The molecule has 2 aromatic carbocycles. The highest BCUT2D eigenvalue weighted by molar-refractivity contribution is 5.36. The highest BCUT2D eigenvalue weighted by Crippen LogP contribution is 2.39. The van der Waals surface area contributed by atoms with E-state index in [2.05, 4.69) is 6.58 Å². The monoisotopic (exact) mass is 417 g/mol. The predicted octanol–water partition coefficient (Wildman–Crippen LogP) is 7.12. The average Bonchev–Trinajstić information content (AvgIpc) is 2.73. The number of ether oxygens (including phenoxy) is 1. The van der Waals surface area contributed by atoms with Crippen molar-refractivity contribution in [3.63, 3.8) is 0 Å². The van der Waals surface area contributed by atoms with E-state index in [1.54, 1.807) is 12.1 Å². The molecule has 2 nitrogen and oxygen atoms in total. The van der Waals surface area contributed by atoms with Crippen LogP contribution in [-0.2, 0) is 10.8 Å². The Labute approximate surface area is 173 Å². The van der Waals surface area contributed by atoms with Gasteiger partial charge < -0.3 is 4.74 Å². The minimum Gasteiger partial charge on any atom is -0.309 e. The normalized spacial score (nSPS) is 20.4.